The zero-order valence-electron chi connectivity index (χ0n) is 17.0. The fraction of sp³-hybridized carbons (Fsp3) is 0.286. The number of carbonyl (C=O) groups is 2. The minimum absolute atomic E-state index is 0.0626. The number of hydrogen-bond donors (Lipinski definition) is 2. The molecule has 3 aromatic rings. The molecule has 0 fully saturated rings. The molecule has 0 saturated carbocycles. The third kappa shape index (κ3) is 5.04. The van der Waals surface area contributed by atoms with Crippen molar-refractivity contribution >= 4 is 40.3 Å². The van der Waals surface area contributed by atoms with Crippen molar-refractivity contribution in [2.45, 2.75) is 25.5 Å². The summed E-state index contributed by atoms with van der Waals surface area (Å²) in [6.07, 6.45) is 1.59. The van der Waals surface area contributed by atoms with Gasteiger partial charge in [0.05, 0.1) is 11.1 Å². The Balaban J connectivity index is 1.78. The van der Waals surface area contributed by atoms with Crippen LogP contribution in [0.25, 0.3) is 11.0 Å². The summed E-state index contributed by atoms with van der Waals surface area (Å²) in [5.74, 6) is -0.196. The van der Waals surface area contributed by atoms with Gasteiger partial charge in [-0.1, -0.05) is 31.7 Å². The summed E-state index contributed by atoms with van der Waals surface area (Å²) in [5.41, 5.74) is 1.18. The highest BCUT2D eigenvalue weighted by atomic mass is 32.2. The molecule has 2 aromatic heterocycles. The van der Waals surface area contributed by atoms with Crippen LogP contribution in [0.5, 0.6) is 0 Å². The summed E-state index contributed by atoms with van der Waals surface area (Å²) in [6, 6.07) is 10.1. The number of carbonyl (C=O) groups excluding carboxylic acids is 2. The van der Waals surface area contributed by atoms with Crippen molar-refractivity contribution in [1.29, 1.82) is 0 Å². The van der Waals surface area contributed by atoms with Crippen LogP contribution in [-0.2, 0) is 11.3 Å². The zero-order valence-corrected chi connectivity index (χ0v) is 17.8. The van der Waals surface area contributed by atoms with Gasteiger partial charge < -0.3 is 10.6 Å². The normalized spacial score (nSPS) is 10.9. The fourth-order valence-corrected chi connectivity index (χ4v) is 3.68. The van der Waals surface area contributed by atoms with Gasteiger partial charge in [0.25, 0.3) is 11.5 Å². The number of nitrogens with zero attached hydrogens (tertiary/aromatic N) is 3. The van der Waals surface area contributed by atoms with Crippen LogP contribution < -0.4 is 16.2 Å². The Morgan fingerprint density at radius 2 is 2.00 bits per heavy atom. The summed E-state index contributed by atoms with van der Waals surface area (Å²) in [5, 5.41) is 6.23. The molecule has 30 heavy (non-hydrogen) atoms. The number of benzene rings is 1. The van der Waals surface area contributed by atoms with E-state index in [4.69, 9.17) is 0 Å². The lowest BCUT2D eigenvalue weighted by Crippen LogP contribution is -2.26. The largest absolute Gasteiger partial charge is 0.355 e. The topological polar surface area (TPSA) is 106 Å². The average molecular weight is 426 g/mol. The lowest BCUT2D eigenvalue weighted by Gasteiger charge is -2.14. The predicted octanol–water partition coefficient (Wildman–Crippen LogP) is 2.54. The van der Waals surface area contributed by atoms with E-state index in [9.17, 15) is 14.4 Å². The highest BCUT2D eigenvalue weighted by Gasteiger charge is 2.15. The second kappa shape index (κ2) is 9.53. The number of fused-ring (bicyclic) bond motifs is 1. The van der Waals surface area contributed by atoms with E-state index in [1.54, 1.807) is 54.2 Å². The van der Waals surface area contributed by atoms with Crippen molar-refractivity contribution in [2.75, 3.05) is 18.1 Å². The van der Waals surface area contributed by atoms with Gasteiger partial charge in [0, 0.05) is 31.0 Å². The lowest BCUT2D eigenvalue weighted by atomic mass is 10.2. The van der Waals surface area contributed by atoms with Crippen molar-refractivity contribution in [1.82, 2.24) is 19.9 Å². The van der Waals surface area contributed by atoms with Gasteiger partial charge in [-0.15, -0.1) is 0 Å². The van der Waals surface area contributed by atoms with Gasteiger partial charge in [0.2, 0.25) is 5.91 Å². The smallest absolute Gasteiger partial charge is 0.263 e. The maximum atomic E-state index is 12.9. The number of anilines is 1. The molecular weight excluding hydrogens is 402 g/mol. The van der Waals surface area contributed by atoms with E-state index in [1.807, 2.05) is 13.8 Å². The molecule has 156 valence electrons. The number of amides is 2. The second-order valence-electron chi connectivity index (χ2n) is 7.08. The Morgan fingerprint density at radius 3 is 2.73 bits per heavy atom. The predicted molar refractivity (Wildman–Crippen MR) is 118 cm³/mol. The minimum Gasteiger partial charge on any atom is -0.355 e. The van der Waals surface area contributed by atoms with Gasteiger partial charge in [-0.3, -0.25) is 19.0 Å². The maximum Gasteiger partial charge on any atom is 0.263 e. The Morgan fingerprint density at radius 1 is 1.20 bits per heavy atom. The molecule has 1 aromatic carbocycles. The van der Waals surface area contributed by atoms with Crippen LogP contribution in [0.3, 0.4) is 0 Å². The number of thioether (sulfide) groups is 1. The van der Waals surface area contributed by atoms with Gasteiger partial charge in [-0.05, 0) is 36.2 Å². The number of rotatable bonds is 7. The highest BCUT2D eigenvalue weighted by molar-refractivity contribution is 7.99. The monoisotopic (exact) mass is 425 g/mol. The average Bonchev–Trinajstić information content (AvgIpc) is 2.74. The van der Waals surface area contributed by atoms with Gasteiger partial charge in [0.1, 0.15) is 0 Å². The van der Waals surface area contributed by atoms with Crippen LogP contribution in [-0.4, -0.2) is 39.1 Å². The molecule has 2 N–H and O–H groups in total. The molecule has 0 radical (unpaired) electrons. The first kappa shape index (κ1) is 21.5. The third-order valence-electron chi connectivity index (χ3n) is 4.21. The molecule has 0 saturated heterocycles. The van der Waals surface area contributed by atoms with Crippen LogP contribution in [0.4, 0.5) is 5.69 Å². The summed E-state index contributed by atoms with van der Waals surface area (Å²) in [7, 11) is 1.55. The minimum atomic E-state index is -0.263. The van der Waals surface area contributed by atoms with Crippen LogP contribution in [0.2, 0.25) is 0 Å². The van der Waals surface area contributed by atoms with Crippen molar-refractivity contribution in [3.63, 3.8) is 0 Å². The van der Waals surface area contributed by atoms with Crippen LogP contribution in [0, 0.1) is 5.92 Å². The first-order valence-corrected chi connectivity index (χ1v) is 10.5. The summed E-state index contributed by atoms with van der Waals surface area (Å²) < 4.78 is 1.60. The Labute approximate surface area is 178 Å². The summed E-state index contributed by atoms with van der Waals surface area (Å²) in [4.78, 5) is 45.8. The lowest BCUT2D eigenvalue weighted by molar-refractivity contribution is -0.113. The summed E-state index contributed by atoms with van der Waals surface area (Å²) >= 11 is 1.18. The van der Waals surface area contributed by atoms with E-state index < -0.39 is 0 Å². The number of pyridine rings is 1. The number of nitrogens with one attached hydrogen (secondary N) is 2. The Bertz CT molecular complexity index is 1140. The molecule has 0 bridgehead atoms. The molecule has 8 nitrogen and oxygen atoms in total. The molecule has 0 aliphatic carbocycles. The van der Waals surface area contributed by atoms with E-state index in [0.717, 1.165) is 0 Å². The molecule has 0 atom stereocenters. The quantitative estimate of drug-likeness (QED) is 0.445. The first-order valence-electron chi connectivity index (χ1n) is 9.49. The van der Waals surface area contributed by atoms with Crippen molar-refractivity contribution < 1.29 is 9.59 Å². The van der Waals surface area contributed by atoms with Crippen LogP contribution in [0.15, 0.2) is 52.5 Å². The molecule has 9 heteroatoms. The third-order valence-corrected chi connectivity index (χ3v) is 5.19. The standard InChI is InChI=1S/C21H23N5O3S/c1-13(2)11-26-20(29)16-8-5-9-23-18(16)25-21(26)30-12-17(27)24-15-7-4-6-14(10-15)19(28)22-3/h4-10,13H,11-12H2,1-3H3,(H,22,28)(H,24,27). The molecule has 3 rings (SSSR count). The fourth-order valence-electron chi connectivity index (χ4n) is 2.88. The van der Waals surface area contributed by atoms with Crippen molar-refractivity contribution in [3.8, 4) is 0 Å². The molecular formula is C21H23N5O3S. The van der Waals surface area contributed by atoms with Gasteiger partial charge >= 0.3 is 0 Å². The first-order chi connectivity index (χ1) is 14.4. The van der Waals surface area contributed by atoms with E-state index in [-0.39, 0.29) is 29.0 Å². The molecule has 0 unspecified atom stereocenters. The van der Waals surface area contributed by atoms with E-state index in [2.05, 4.69) is 20.6 Å². The number of hydrogen-bond acceptors (Lipinski definition) is 6. The van der Waals surface area contributed by atoms with E-state index in [0.29, 0.717) is 34.0 Å². The second-order valence-corrected chi connectivity index (χ2v) is 8.02. The molecule has 0 aliphatic heterocycles. The maximum absolute atomic E-state index is 12.9. The Kier molecular flexibility index (Phi) is 6.83. The zero-order chi connectivity index (χ0) is 21.7. The van der Waals surface area contributed by atoms with Gasteiger partial charge in [-0.2, -0.15) is 0 Å². The van der Waals surface area contributed by atoms with E-state index in [1.165, 1.54) is 11.8 Å². The van der Waals surface area contributed by atoms with Crippen molar-refractivity contribution in [2.24, 2.45) is 5.92 Å². The van der Waals surface area contributed by atoms with Crippen LogP contribution >= 0.6 is 11.8 Å². The van der Waals surface area contributed by atoms with Crippen molar-refractivity contribution in [3.05, 3.63) is 58.5 Å². The van der Waals surface area contributed by atoms with E-state index >= 15 is 0 Å². The Hall–Kier alpha value is -3.20. The molecule has 0 aliphatic rings. The summed E-state index contributed by atoms with van der Waals surface area (Å²) in [6.45, 7) is 4.52. The van der Waals surface area contributed by atoms with Crippen LogP contribution in [0.1, 0.15) is 24.2 Å². The van der Waals surface area contributed by atoms with Gasteiger partial charge in [-0.25, -0.2) is 9.97 Å². The van der Waals surface area contributed by atoms with Gasteiger partial charge in [0.15, 0.2) is 10.8 Å². The number of aromatic nitrogens is 3. The molecule has 2 heterocycles. The molecule has 2 amide bonds. The SMILES string of the molecule is CNC(=O)c1cccc(NC(=O)CSc2nc3ncccc3c(=O)n2CC(C)C)c1. The highest BCUT2D eigenvalue weighted by Crippen LogP contribution is 2.19. The molecule has 0 spiro atoms.